The van der Waals surface area contributed by atoms with Gasteiger partial charge in [-0.2, -0.15) is 10.5 Å². The highest BCUT2D eigenvalue weighted by Crippen LogP contribution is 2.27. The zero-order valence-corrected chi connectivity index (χ0v) is 14.6. The minimum absolute atomic E-state index is 0.0519. The van der Waals surface area contributed by atoms with Crippen LogP contribution >= 0.6 is 0 Å². The molecule has 0 radical (unpaired) electrons. The summed E-state index contributed by atoms with van der Waals surface area (Å²) in [6.07, 6.45) is -0.898. The Labute approximate surface area is 156 Å². The fourth-order valence-corrected chi connectivity index (χ4v) is 2.77. The molecule has 0 spiro atoms. The highest BCUT2D eigenvalue weighted by atomic mass is 16.6. The fourth-order valence-electron chi connectivity index (χ4n) is 2.77. The molecule has 0 aliphatic carbocycles. The van der Waals surface area contributed by atoms with Crippen molar-refractivity contribution in [2.24, 2.45) is 0 Å². The first-order valence-electron chi connectivity index (χ1n) is 8.25. The smallest absolute Gasteiger partial charge is 0.262 e. The first-order chi connectivity index (χ1) is 13.0. The highest BCUT2D eigenvalue weighted by Gasteiger charge is 2.51. The largest absolute Gasteiger partial charge is 0.484 e. The van der Waals surface area contributed by atoms with Crippen molar-refractivity contribution in [2.75, 3.05) is 18.5 Å². The highest BCUT2D eigenvalue weighted by molar-refractivity contribution is 5.98. The van der Waals surface area contributed by atoms with Crippen LogP contribution in [0.4, 0.5) is 5.69 Å². The lowest BCUT2D eigenvalue weighted by atomic mass is 9.98. The molecule has 2 atom stereocenters. The summed E-state index contributed by atoms with van der Waals surface area (Å²) in [5, 5.41) is 31.3. The van der Waals surface area contributed by atoms with Crippen molar-refractivity contribution < 1.29 is 19.4 Å². The van der Waals surface area contributed by atoms with Crippen LogP contribution in [0.3, 0.4) is 0 Å². The lowest BCUT2D eigenvalue weighted by Crippen LogP contribution is -2.54. The van der Waals surface area contributed by atoms with E-state index in [1.54, 1.807) is 49.4 Å². The number of amides is 1. The van der Waals surface area contributed by atoms with E-state index in [1.165, 1.54) is 0 Å². The summed E-state index contributed by atoms with van der Waals surface area (Å²) in [6.45, 7) is 1.61. The Hall–Kier alpha value is -3.39. The predicted molar refractivity (Wildman–Crippen MR) is 95.9 cm³/mol. The molecule has 0 saturated carbocycles. The number of hydrogen-bond donors (Lipinski definition) is 2. The van der Waals surface area contributed by atoms with E-state index in [2.05, 4.69) is 11.4 Å². The molecule has 2 N–H and O–H groups in total. The Kier molecular flexibility index (Phi) is 5.09. The van der Waals surface area contributed by atoms with Crippen LogP contribution in [0, 0.1) is 29.6 Å². The summed E-state index contributed by atoms with van der Waals surface area (Å²) in [6, 6.07) is 15.3. The molecule has 2 unspecified atom stereocenters. The third kappa shape index (κ3) is 3.75. The van der Waals surface area contributed by atoms with Crippen LogP contribution in [0.5, 0.6) is 5.75 Å². The number of nitriles is 2. The van der Waals surface area contributed by atoms with E-state index < -0.39 is 17.6 Å². The predicted octanol–water partition coefficient (Wildman–Crippen LogP) is 1.89. The molecule has 1 saturated heterocycles. The molecule has 1 aliphatic heterocycles. The Morgan fingerprint density at radius 2 is 2.00 bits per heavy atom. The molecule has 2 aromatic rings. The van der Waals surface area contributed by atoms with Gasteiger partial charge in [-0.25, -0.2) is 0 Å². The number of benzene rings is 2. The summed E-state index contributed by atoms with van der Waals surface area (Å²) in [7, 11) is 0. The van der Waals surface area contributed by atoms with E-state index in [9.17, 15) is 9.90 Å². The summed E-state index contributed by atoms with van der Waals surface area (Å²) < 4.78 is 11.0. The number of carbonyl (C=O) groups is 1. The molecular formula is C20H17N3O4. The number of ether oxygens (including phenoxy) is 2. The van der Waals surface area contributed by atoms with E-state index in [0.717, 1.165) is 5.56 Å². The van der Waals surface area contributed by atoms with Crippen LogP contribution in [-0.2, 0) is 9.53 Å². The Balaban J connectivity index is 1.74. The molecule has 0 aromatic heterocycles. The van der Waals surface area contributed by atoms with Crippen LogP contribution in [0.25, 0.3) is 0 Å². The maximum absolute atomic E-state index is 12.7. The second-order valence-electron chi connectivity index (χ2n) is 6.28. The van der Waals surface area contributed by atoms with Gasteiger partial charge in [0.1, 0.15) is 5.75 Å². The summed E-state index contributed by atoms with van der Waals surface area (Å²) in [5.41, 5.74) is 0.312. The molecule has 1 fully saturated rings. The number of nitrogens with zero attached hydrogens (tertiary/aromatic N) is 2. The lowest BCUT2D eigenvalue weighted by molar-refractivity contribution is -0.140. The monoisotopic (exact) mass is 363 g/mol. The summed E-state index contributed by atoms with van der Waals surface area (Å²) >= 11 is 0. The average molecular weight is 363 g/mol. The van der Waals surface area contributed by atoms with Gasteiger partial charge in [0.15, 0.2) is 6.10 Å². The van der Waals surface area contributed by atoms with Gasteiger partial charge in [-0.05, 0) is 55.0 Å². The van der Waals surface area contributed by atoms with Gasteiger partial charge in [0.05, 0.1) is 36.5 Å². The van der Waals surface area contributed by atoms with Gasteiger partial charge in [-0.15, -0.1) is 0 Å². The van der Waals surface area contributed by atoms with Gasteiger partial charge in [-0.1, -0.05) is 0 Å². The number of hydrogen-bond acceptors (Lipinski definition) is 6. The standard InChI is InChI=1S/C20H17N3O4/c1-13-8-16(5-4-15(13)10-22)23-19(24)20(25)12-26-11-18(20)27-17-6-2-14(9-21)3-7-17/h2-8,18,25H,11-12H2,1H3,(H,23,24). The van der Waals surface area contributed by atoms with E-state index in [4.69, 9.17) is 20.0 Å². The maximum atomic E-state index is 12.7. The van der Waals surface area contributed by atoms with Gasteiger partial charge in [-0.3, -0.25) is 4.79 Å². The SMILES string of the molecule is Cc1cc(NC(=O)C2(O)COCC2Oc2ccc(C#N)cc2)ccc1C#N. The minimum Gasteiger partial charge on any atom is -0.484 e. The molecule has 27 heavy (non-hydrogen) atoms. The topological polar surface area (TPSA) is 115 Å². The minimum atomic E-state index is -1.87. The molecule has 7 nitrogen and oxygen atoms in total. The fraction of sp³-hybridized carbons (Fsp3) is 0.250. The second-order valence-corrected chi connectivity index (χ2v) is 6.28. The molecule has 0 bridgehead atoms. The third-order valence-corrected chi connectivity index (χ3v) is 4.38. The van der Waals surface area contributed by atoms with Crippen molar-refractivity contribution in [3.63, 3.8) is 0 Å². The Morgan fingerprint density at radius 3 is 2.63 bits per heavy atom. The second kappa shape index (κ2) is 7.46. The first kappa shape index (κ1) is 18.4. The van der Waals surface area contributed by atoms with Crippen molar-refractivity contribution in [1.29, 1.82) is 10.5 Å². The number of anilines is 1. The van der Waals surface area contributed by atoms with E-state index in [-0.39, 0.29) is 13.2 Å². The van der Waals surface area contributed by atoms with Crippen LogP contribution in [0.1, 0.15) is 16.7 Å². The van der Waals surface area contributed by atoms with Gasteiger partial charge < -0.3 is 19.9 Å². The van der Waals surface area contributed by atoms with Crippen molar-refractivity contribution in [3.05, 3.63) is 59.2 Å². The Morgan fingerprint density at radius 1 is 1.26 bits per heavy atom. The van der Waals surface area contributed by atoms with E-state index in [1.807, 2.05) is 6.07 Å². The summed E-state index contributed by atoms with van der Waals surface area (Å²) in [5.74, 6) is -0.229. The molecule has 7 heteroatoms. The molecule has 1 aliphatic rings. The van der Waals surface area contributed by atoms with Crippen LogP contribution in [0.2, 0.25) is 0 Å². The lowest BCUT2D eigenvalue weighted by Gasteiger charge is -2.27. The third-order valence-electron chi connectivity index (χ3n) is 4.38. The molecular weight excluding hydrogens is 346 g/mol. The van der Waals surface area contributed by atoms with Gasteiger partial charge in [0.2, 0.25) is 5.60 Å². The van der Waals surface area contributed by atoms with Crippen molar-refractivity contribution in [3.8, 4) is 17.9 Å². The van der Waals surface area contributed by atoms with Gasteiger partial charge >= 0.3 is 0 Å². The van der Waals surface area contributed by atoms with Crippen molar-refractivity contribution in [2.45, 2.75) is 18.6 Å². The number of nitrogens with one attached hydrogen (secondary N) is 1. The first-order valence-corrected chi connectivity index (χ1v) is 8.25. The molecule has 3 rings (SSSR count). The Bertz CT molecular complexity index is 943. The quantitative estimate of drug-likeness (QED) is 0.857. The van der Waals surface area contributed by atoms with E-state index in [0.29, 0.717) is 22.6 Å². The number of carbonyl (C=O) groups excluding carboxylic acids is 1. The summed E-state index contributed by atoms with van der Waals surface area (Å²) in [4.78, 5) is 12.7. The van der Waals surface area contributed by atoms with E-state index >= 15 is 0 Å². The number of aryl methyl sites for hydroxylation is 1. The van der Waals surface area contributed by atoms with Crippen LogP contribution < -0.4 is 10.1 Å². The van der Waals surface area contributed by atoms with Crippen molar-refractivity contribution >= 4 is 11.6 Å². The zero-order chi connectivity index (χ0) is 19.4. The van der Waals surface area contributed by atoms with Crippen LogP contribution in [-0.4, -0.2) is 35.9 Å². The molecule has 136 valence electrons. The normalized spacial score (nSPS) is 21.1. The maximum Gasteiger partial charge on any atom is 0.262 e. The van der Waals surface area contributed by atoms with Crippen molar-refractivity contribution in [1.82, 2.24) is 0 Å². The number of aliphatic hydroxyl groups is 1. The molecule has 1 amide bonds. The van der Waals surface area contributed by atoms with Crippen LogP contribution in [0.15, 0.2) is 42.5 Å². The molecule has 2 aromatic carbocycles. The average Bonchev–Trinajstić information content (AvgIpc) is 3.04. The zero-order valence-electron chi connectivity index (χ0n) is 14.6. The number of rotatable bonds is 4. The van der Waals surface area contributed by atoms with Gasteiger partial charge in [0.25, 0.3) is 5.91 Å². The van der Waals surface area contributed by atoms with Gasteiger partial charge in [0, 0.05) is 5.69 Å². The molecule has 1 heterocycles.